The Morgan fingerprint density at radius 3 is 2.34 bits per heavy atom. The molecule has 1 N–H and O–H groups in total. The molecule has 0 atom stereocenters. The molecule has 3 aromatic rings. The summed E-state index contributed by atoms with van der Waals surface area (Å²) in [5.74, 6) is 0. The molecular formula is C28H27N. The molecule has 0 amide bonds. The molecule has 144 valence electrons. The number of anilines is 2. The van der Waals surface area contributed by atoms with Gasteiger partial charge in [0.25, 0.3) is 0 Å². The zero-order valence-electron chi connectivity index (χ0n) is 17.4. The Balaban J connectivity index is 1.68. The molecule has 0 spiro atoms. The van der Waals surface area contributed by atoms with Crippen molar-refractivity contribution >= 4 is 16.9 Å². The van der Waals surface area contributed by atoms with E-state index >= 15 is 0 Å². The van der Waals surface area contributed by atoms with Crippen molar-refractivity contribution in [3.8, 4) is 11.1 Å². The summed E-state index contributed by atoms with van der Waals surface area (Å²) < 4.78 is 0. The van der Waals surface area contributed by atoms with Crippen LogP contribution in [0.1, 0.15) is 37.5 Å². The van der Waals surface area contributed by atoms with Crippen molar-refractivity contribution in [3.63, 3.8) is 0 Å². The third-order valence-electron chi connectivity index (χ3n) is 5.77. The Labute approximate surface area is 174 Å². The van der Waals surface area contributed by atoms with Crippen LogP contribution in [0.3, 0.4) is 0 Å². The first-order valence-electron chi connectivity index (χ1n) is 10.1. The van der Waals surface area contributed by atoms with Crippen molar-refractivity contribution in [1.29, 1.82) is 0 Å². The zero-order valence-corrected chi connectivity index (χ0v) is 17.4. The van der Waals surface area contributed by atoms with Crippen LogP contribution in [0.15, 0.2) is 97.6 Å². The Bertz CT molecular complexity index is 1110. The number of hydrogen-bond acceptors (Lipinski definition) is 1. The normalized spacial score (nSPS) is 14.5. The van der Waals surface area contributed by atoms with E-state index in [9.17, 15) is 0 Å². The molecule has 1 nitrogen and oxygen atoms in total. The van der Waals surface area contributed by atoms with Gasteiger partial charge in [0, 0.05) is 16.8 Å². The van der Waals surface area contributed by atoms with Gasteiger partial charge < -0.3 is 5.32 Å². The van der Waals surface area contributed by atoms with Gasteiger partial charge in [0.2, 0.25) is 0 Å². The van der Waals surface area contributed by atoms with Crippen LogP contribution in [0.25, 0.3) is 16.7 Å². The minimum absolute atomic E-state index is 0.0271. The van der Waals surface area contributed by atoms with E-state index in [0.29, 0.717) is 0 Å². The molecule has 1 heteroatoms. The topological polar surface area (TPSA) is 12.0 Å². The van der Waals surface area contributed by atoms with Gasteiger partial charge in [-0.1, -0.05) is 93.3 Å². The van der Waals surface area contributed by atoms with Crippen LogP contribution in [0.4, 0.5) is 11.4 Å². The predicted octanol–water partition coefficient (Wildman–Crippen LogP) is 7.88. The van der Waals surface area contributed by atoms with E-state index in [4.69, 9.17) is 0 Å². The summed E-state index contributed by atoms with van der Waals surface area (Å²) in [5.41, 5.74) is 9.94. The summed E-state index contributed by atoms with van der Waals surface area (Å²) in [4.78, 5) is 0. The highest BCUT2D eigenvalue weighted by Gasteiger charge is 2.37. The zero-order chi connectivity index (χ0) is 20.4. The van der Waals surface area contributed by atoms with Crippen LogP contribution in [0.5, 0.6) is 0 Å². The minimum atomic E-state index is -0.0271. The van der Waals surface area contributed by atoms with E-state index in [1.807, 2.05) is 25.2 Å². The summed E-state index contributed by atoms with van der Waals surface area (Å²) in [6.45, 7) is 10.6. The smallest absolute Gasteiger partial charge is 0.0431 e. The fourth-order valence-electron chi connectivity index (χ4n) is 4.34. The van der Waals surface area contributed by atoms with Gasteiger partial charge in [-0.25, -0.2) is 0 Å². The van der Waals surface area contributed by atoms with Gasteiger partial charge in [-0.2, -0.15) is 0 Å². The van der Waals surface area contributed by atoms with E-state index < -0.39 is 0 Å². The van der Waals surface area contributed by atoms with E-state index in [1.165, 1.54) is 27.9 Å². The van der Waals surface area contributed by atoms with Gasteiger partial charge in [-0.05, 0) is 58.5 Å². The standard InChI is InChI=1S/C28H27N/c1-5-7-11-20(6-2)21-16-18-22(19-17-21)29-26-15-10-13-24-23-12-8-9-14-25(23)28(3,4)27(24)26/h5-19,29H,2H2,1,3-4H3/b7-5-,20-11+. The first-order valence-corrected chi connectivity index (χ1v) is 10.1. The van der Waals surface area contributed by atoms with Crippen LogP contribution >= 0.6 is 0 Å². The van der Waals surface area contributed by atoms with Crippen molar-refractivity contribution in [3.05, 3.63) is 114 Å². The molecule has 0 saturated carbocycles. The third-order valence-corrected chi connectivity index (χ3v) is 5.77. The van der Waals surface area contributed by atoms with Crippen molar-refractivity contribution < 1.29 is 0 Å². The number of benzene rings is 3. The molecule has 0 unspecified atom stereocenters. The highest BCUT2D eigenvalue weighted by Crippen LogP contribution is 2.51. The molecule has 0 fully saturated rings. The highest BCUT2D eigenvalue weighted by molar-refractivity contribution is 5.87. The van der Waals surface area contributed by atoms with E-state index in [1.54, 1.807) is 0 Å². The Morgan fingerprint density at radius 2 is 1.62 bits per heavy atom. The molecule has 0 aromatic heterocycles. The number of hydrogen-bond donors (Lipinski definition) is 1. The first kappa shape index (κ1) is 19.0. The summed E-state index contributed by atoms with van der Waals surface area (Å²) in [7, 11) is 0. The molecular weight excluding hydrogens is 350 g/mol. The van der Waals surface area contributed by atoms with Gasteiger partial charge >= 0.3 is 0 Å². The number of allylic oxidation sites excluding steroid dienone is 5. The quantitative estimate of drug-likeness (QED) is 0.446. The lowest BCUT2D eigenvalue weighted by atomic mass is 9.81. The third kappa shape index (κ3) is 3.34. The lowest BCUT2D eigenvalue weighted by molar-refractivity contribution is 0.662. The second-order valence-electron chi connectivity index (χ2n) is 7.95. The van der Waals surface area contributed by atoms with Gasteiger partial charge in [0.05, 0.1) is 0 Å². The maximum absolute atomic E-state index is 3.94. The number of fused-ring (bicyclic) bond motifs is 3. The molecule has 1 aliphatic rings. The van der Waals surface area contributed by atoms with Crippen molar-refractivity contribution in [1.82, 2.24) is 0 Å². The largest absolute Gasteiger partial charge is 0.355 e. The molecule has 0 aliphatic heterocycles. The van der Waals surface area contributed by atoms with Gasteiger partial charge in [0.15, 0.2) is 0 Å². The SMILES string of the molecule is C=C/C(=C\C=C/C)c1ccc(Nc2cccc3c2C(C)(C)c2ccccc2-3)cc1. The lowest BCUT2D eigenvalue weighted by Gasteiger charge is -2.24. The summed E-state index contributed by atoms with van der Waals surface area (Å²) in [5, 5.41) is 3.66. The number of nitrogens with one attached hydrogen (secondary N) is 1. The predicted molar refractivity (Wildman–Crippen MR) is 127 cm³/mol. The molecule has 29 heavy (non-hydrogen) atoms. The maximum Gasteiger partial charge on any atom is 0.0431 e. The molecule has 0 heterocycles. The van der Waals surface area contributed by atoms with E-state index in [2.05, 4.69) is 98.5 Å². The van der Waals surface area contributed by atoms with Crippen molar-refractivity contribution in [2.24, 2.45) is 0 Å². The average Bonchev–Trinajstić information content (AvgIpc) is 2.98. The molecule has 0 bridgehead atoms. The summed E-state index contributed by atoms with van der Waals surface area (Å²) >= 11 is 0. The fourth-order valence-corrected chi connectivity index (χ4v) is 4.34. The highest BCUT2D eigenvalue weighted by atomic mass is 14.9. The Morgan fingerprint density at radius 1 is 0.897 bits per heavy atom. The molecule has 4 rings (SSSR count). The van der Waals surface area contributed by atoms with Crippen LogP contribution in [0, 0.1) is 0 Å². The first-order chi connectivity index (χ1) is 14.1. The average molecular weight is 378 g/mol. The lowest BCUT2D eigenvalue weighted by Crippen LogP contribution is -2.16. The molecule has 1 aliphatic carbocycles. The molecule has 0 radical (unpaired) electrons. The second kappa shape index (κ2) is 7.60. The van der Waals surface area contributed by atoms with Gasteiger partial charge in [0.1, 0.15) is 0 Å². The summed E-state index contributed by atoms with van der Waals surface area (Å²) in [6, 6.07) is 23.9. The fraction of sp³-hybridized carbons (Fsp3) is 0.143. The van der Waals surface area contributed by atoms with Crippen LogP contribution in [-0.4, -0.2) is 0 Å². The van der Waals surface area contributed by atoms with Gasteiger partial charge in [-0.3, -0.25) is 0 Å². The summed E-state index contributed by atoms with van der Waals surface area (Å²) in [6.07, 6.45) is 8.04. The van der Waals surface area contributed by atoms with Crippen molar-refractivity contribution in [2.75, 3.05) is 5.32 Å². The van der Waals surface area contributed by atoms with Crippen LogP contribution in [-0.2, 0) is 5.41 Å². The van der Waals surface area contributed by atoms with Crippen LogP contribution < -0.4 is 5.32 Å². The molecule has 0 saturated heterocycles. The molecule has 3 aromatic carbocycles. The monoisotopic (exact) mass is 377 g/mol. The van der Waals surface area contributed by atoms with E-state index in [-0.39, 0.29) is 5.41 Å². The minimum Gasteiger partial charge on any atom is -0.355 e. The number of rotatable bonds is 5. The second-order valence-corrected chi connectivity index (χ2v) is 7.95. The Hall–Kier alpha value is -3.32. The van der Waals surface area contributed by atoms with Crippen molar-refractivity contribution in [2.45, 2.75) is 26.2 Å². The van der Waals surface area contributed by atoms with E-state index in [0.717, 1.165) is 16.8 Å². The van der Waals surface area contributed by atoms with Crippen LogP contribution in [0.2, 0.25) is 0 Å². The Kier molecular flexibility index (Phi) is 4.98. The maximum atomic E-state index is 3.94. The van der Waals surface area contributed by atoms with Gasteiger partial charge in [-0.15, -0.1) is 0 Å².